The van der Waals surface area contributed by atoms with Crippen molar-refractivity contribution >= 4 is 19.9 Å². The van der Waals surface area contributed by atoms with Gasteiger partial charge < -0.3 is 9.33 Å². The third-order valence-corrected chi connectivity index (χ3v) is 10.9. The summed E-state index contributed by atoms with van der Waals surface area (Å²) < 4.78 is 6.54. The first-order valence-electron chi connectivity index (χ1n) is 9.53. The molecule has 1 aliphatic carbocycles. The molecule has 0 saturated carbocycles. The van der Waals surface area contributed by atoms with Gasteiger partial charge in [-0.2, -0.15) is 0 Å². The molecule has 1 amide bonds. The van der Waals surface area contributed by atoms with E-state index in [9.17, 15) is 4.79 Å². The second-order valence-corrected chi connectivity index (χ2v) is 13.9. The number of hydrogen-bond acceptors (Lipinski definition) is 2. The summed E-state index contributed by atoms with van der Waals surface area (Å²) in [5, 5.41) is 0.171. The number of nitrogens with zero attached hydrogens (tertiary/aromatic N) is 1. The Hall–Kier alpha value is -1.65. The molecule has 0 aromatic heterocycles. The lowest BCUT2D eigenvalue weighted by Gasteiger charge is -2.38. The van der Waals surface area contributed by atoms with Crippen LogP contribution in [0.5, 0.6) is 0 Å². The van der Waals surface area contributed by atoms with Gasteiger partial charge in [0.1, 0.15) is 0 Å². The van der Waals surface area contributed by atoms with E-state index in [0.29, 0.717) is 6.61 Å². The number of rotatable bonds is 4. The van der Waals surface area contributed by atoms with E-state index in [4.69, 9.17) is 4.43 Å². The van der Waals surface area contributed by atoms with Gasteiger partial charge in [0, 0.05) is 24.8 Å². The van der Waals surface area contributed by atoms with Crippen LogP contribution in [0.25, 0.3) is 0 Å². The number of para-hydroxylation sites is 1. The van der Waals surface area contributed by atoms with Crippen molar-refractivity contribution in [2.45, 2.75) is 45.3 Å². The van der Waals surface area contributed by atoms with E-state index in [1.165, 1.54) is 0 Å². The number of carbonyl (C=O) groups is 1. The highest BCUT2D eigenvalue weighted by atomic mass is 28.4. The fourth-order valence-electron chi connectivity index (χ4n) is 3.55. The lowest BCUT2D eigenvalue weighted by atomic mass is 9.73. The van der Waals surface area contributed by atoms with Crippen molar-refractivity contribution in [1.82, 2.24) is 0 Å². The molecule has 1 aromatic rings. The summed E-state index contributed by atoms with van der Waals surface area (Å²) in [6, 6.07) is 10.0. The van der Waals surface area contributed by atoms with Crippen LogP contribution in [0.3, 0.4) is 0 Å². The Labute approximate surface area is 158 Å². The van der Waals surface area contributed by atoms with Crippen LogP contribution in [-0.4, -0.2) is 27.4 Å². The molecule has 3 rings (SSSR count). The quantitative estimate of drug-likeness (QED) is 0.685. The number of allylic oxidation sites excluding steroid dienone is 3. The van der Waals surface area contributed by atoms with Crippen molar-refractivity contribution in [3.05, 3.63) is 54.6 Å². The summed E-state index contributed by atoms with van der Waals surface area (Å²) >= 11 is 0. The van der Waals surface area contributed by atoms with Crippen molar-refractivity contribution in [2.24, 2.45) is 11.3 Å². The summed E-state index contributed by atoms with van der Waals surface area (Å²) in [7, 11) is -1.85. The summed E-state index contributed by atoms with van der Waals surface area (Å²) in [6.07, 6.45) is 9.05. The highest BCUT2D eigenvalue weighted by Gasteiger charge is 2.53. The first-order chi connectivity index (χ1) is 12.2. The molecule has 26 heavy (non-hydrogen) atoms. The van der Waals surface area contributed by atoms with Gasteiger partial charge in [-0.1, -0.05) is 63.3 Å². The molecule has 1 fully saturated rings. The van der Waals surface area contributed by atoms with E-state index < -0.39 is 13.7 Å². The van der Waals surface area contributed by atoms with Crippen LogP contribution in [0, 0.1) is 11.3 Å². The van der Waals surface area contributed by atoms with E-state index in [2.05, 4.69) is 46.0 Å². The normalized spacial score (nSPS) is 26.1. The molecule has 0 unspecified atom stereocenters. The van der Waals surface area contributed by atoms with Gasteiger partial charge in [0.25, 0.3) is 0 Å². The van der Waals surface area contributed by atoms with E-state index in [1.807, 2.05) is 47.4 Å². The SMILES string of the molecule is CC(C)(C)[Si](C)(C)OC[C@@H]1CN(c2ccccc2)C(=O)[C@@]12C=CC=CC2. The molecular formula is C22H31NO2Si. The molecule has 1 saturated heterocycles. The van der Waals surface area contributed by atoms with Crippen molar-refractivity contribution < 1.29 is 9.22 Å². The molecule has 2 atom stereocenters. The molecule has 0 bridgehead atoms. The molecule has 1 spiro atoms. The monoisotopic (exact) mass is 369 g/mol. The molecule has 1 heterocycles. The Kier molecular flexibility index (Phi) is 5.01. The number of anilines is 1. The maximum Gasteiger partial charge on any atom is 0.237 e. The minimum absolute atomic E-state index is 0.171. The van der Waals surface area contributed by atoms with Crippen LogP contribution in [0.1, 0.15) is 27.2 Å². The lowest BCUT2D eigenvalue weighted by molar-refractivity contribution is -0.124. The average molecular weight is 370 g/mol. The van der Waals surface area contributed by atoms with Gasteiger partial charge >= 0.3 is 0 Å². The Balaban J connectivity index is 1.86. The van der Waals surface area contributed by atoms with Gasteiger partial charge in [-0.05, 0) is 36.7 Å². The summed E-state index contributed by atoms with van der Waals surface area (Å²) in [5.74, 6) is 0.374. The van der Waals surface area contributed by atoms with Gasteiger partial charge in [-0.15, -0.1) is 0 Å². The zero-order valence-electron chi connectivity index (χ0n) is 16.7. The standard InChI is InChI=1S/C22H31NO2Si/c1-21(2,3)26(4,5)25-17-18-16-23(19-12-8-6-9-13-19)20(24)22(18)14-10-7-11-15-22/h6-14,18H,15-17H2,1-5H3/t18-,22+/m0/s1. The lowest BCUT2D eigenvalue weighted by Crippen LogP contribution is -2.44. The molecule has 1 aliphatic heterocycles. The first kappa shape index (κ1) is 19.1. The maximum atomic E-state index is 13.4. The number of carbonyl (C=O) groups excluding carboxylic acids is 1. The van der Waals surface area contributed by atoms with E-state index in [1.54, 1.807) is 0 Å². The number of amides is 1. The van der Waals surface area contributed by atoms with Crippen molar-refractivity contribution in [2.75, 3.05) is 18.1 Å². The number of hydrogen-bond donors (Lipinski definition) is 0. The van der Waals surface area contributed by atoms with Crippen LogP contribution in [-0.2, 0) is 9.22 Å². The highest BCUT2D eigenvalue weighted by Crippen LogP contribution is 2.46. The number of benzene rings is 1. The minimum Gasteiger partial charge on any atom is -0.416 e. The van der Waals surface area contributed by atoms with Crippen LogP contribution >= 0.6 is 0 Å². The molecule has 140 valence electrons. The Bertz CT molecular complexity index is 717. The fraction of sp³-hybridized carbons (Fsp3) is 0.500. The Morgan fingerprint density at radius 3 is 2.46 bits per heavy atom. The Morgan fingerprint density at radius 1 is 1.19 bits per heavy atom. The van der Waals surface area contributed by atoms with Crippen molar-refractivity contribution in [3.63, 3.8) is 0 Å². The molecule has 3 nitrogen and oxygen atoms in total. The van der Waals surface area contributed by atoms with Crippen LogP contribution < -0.4 is 4.90 Å². The summed E-state index contributed by atoms with van der Waals surface area (Å²) in [6.45, 7) is 12.7. The predicted octanol–water partition coefficient (Wildman–Crippen LogP) is 5.17. The smallest absolute Gasteiger partial charge is 0.237 e. The van der Waals surface area contributed by atoms with Gasteiger partial charge in [0.15, 0.2) is 8.32 Å². The Morgan fingerprint density at radius 2 is 1.88 bits per heavy atom. The van der Waals surface area contributed by atoms with Gasteiger partial charge in [0.05, 0.1) is 5.41 Å². The predicted molar refractivity (Wildman–Crippen MR) is 111 cm³/mol. The molecule has 0 radical (unpaired) electrons. The van der Waals surface area contributed by atoms with Gasteiger partial charge in [-0.3, -0.25) is 4.79 Å². The minimum atomic E-state index is -1.85. The first-order valence-corrected chi connectivity index (χ1v) is 12.4. The largest absolute Gasteiger partial charge is 0.416 e. The van der Waals surface area contributed by atoms with E-state index >= 15 is 0 Å². The van der Waals surface area contributed by atoms with Gasteiger partial charge in [0.2, 0.25) is 5.91 Å². The third-order valence-electron chi connectivity index (χ3n) is 6.39. The van der Waals surface area contributed by atoms with Crippen molar-refractivity contribution in [3.8, 4) is 0 Å². The molecule has 1 aromatic carbocycles. The zero-order chi connectivity index (χ0) is 19.0. The second-order valence-electron chi connectivity index (χ2n) is 9.05. The second kappa shape index (κ2) is 6.82. The molecule has 0 N–H and O–H groups in total. The van der Waals surface area contributed by atoms with Crippen LogP contribution in [0.4, 0.5) is 5.69 Å². The molecule has 2 aliphatic rings. The fourth-order valence-corrected chi connectivity index (χ4v) is 4.60. The topological polar surface area (TPSA) is 29.5 Å². The molecule has 4 heteroatoms. The molecular weight excluding hydrogens is 338 g/mol. The summed E-state index contributed by atoms with van der Waals surface area (Å²) in [5.41, 5.74) is 0.516. The third kappa shape index (κ3) is 3.32. The van der Waals surface area contributed by atoms with E-state index in [0.717, 1.165) is 18.7 Å². The van der Waals surface area contributed by atoms with Crippen LogP contribution in [0.2, 0.25) is 18.1 Å². The highest BCUT2D eigenvalue weighted by molar-refractivity contribution is 6.74. The van der Waals surface area contributed by atoms with Gasteiger partial charge in [-0.25, -0.2) is 0 Å². The average Bonchev–Trinajstić information content (AvgIpc) is 2.86. The summed E-state index contributed by atoms with van der Waals surface area (Å²) in [4.78, 5) is 15.4. The van der Waals surface area contributed by atoms with Crippen LogP contribution in [0.15, 0.2) is 54.6 Å². The maximum absolute atomic E-state index is 13.4. The zero-order valence-corrected chi connectivity index (χ0v) is 17.7. The van der Waals surface area contributed by atoms with Crippen molar-refractivity contribution in [1.29, 1.82) is 0 Å². The van der Waals surface area contributed by atoms with E-state index in [-0.39, 0.29) is 16.9 Å².